The molecule has 0 aliphatic heterocycles. The number of ketones is 1. The van der Waals surface area contributed by atoms with Gasteiger partial charge in [0.15, 0.2) is 5.78 Å². The van der Waals surface area contributed by atoms with E-state index in [1.807, 2.05) is 30.4 Å². The Morgan fingerprint density at radius 1 is 1.11 bits per heavy atom. The third-order valence-corrected chi connectivity index (χ3v) is 4.12. The van der Waals surface area contributed by atoms with Gasteiger partial charge >= 0.3 is 0 Å². The SMILES string of the molecule is O=C1C2=CC=CCC2CCC1Cc1ccccc1. The van der Waals surface area contributed by atoms with Crippen LogP contribution in [0.4, 0.5) is 0 Å². The van der Waals surface area contributed by atoms with Crippen LogP contribution in [-0.4, -0.2) is 5.78 Å². The van der Waals surface area contributed by atoms with Crippen LogP contribution in [0, 0.1) is 11.8 Å². The molecule has 1 aromatic rings. The molecule has 2 aliphatic rings. The van der Waals surface area contributed by atoms with Crippen molar-refractivity contribution in [3.05, 3.63) is 59.7 Å². The Balaban J connectivity index is 1.77. The fraction of sp³-hybridized carbons (Fsp3) is 0.353. The summed E-state index contributed by atoms with van der Waals surface area (Å²) in [6.07, 6.45) is 10.4. The van der Waals surface area contributed by atoms with E-state index in [9.17, 15) is 4.79 Å². The quantitative estimate of drug-likeness (QED) is 0.767. The molecule has 1 fully saturated rings. The van der Waals surface area contributed by atoms with Crippen LogP contribution in [0.15, 0.2) is 54.1 Å². The first-order chi connectivity index (χ1) is 8.84. The van der Waals surface area contributed by atoms with E-state index >= 15 is 0 Å². The number of hydrogen-bond acceptors (Lipinski definition) is 1. The molecule has 2 unspecified atom stereocenters. The Morgan fingerprint density at radius 3 is 2.78 bits per heavy atom. The molecule has 0 aromatic heterocycles. The lowest BCUT2D eigenvalue weighted by molar-refractivity contribution is -0.121. The van der Waals surface area contributed by atoms with Gasteiger partial charge in [0.1, 0.15) is 0 Å². The van der Waals surface area contributed by atoms with Gasteiger partial charge in [-0.2, -0.15) is 0 Å². The maximum Gasteiger partial charge on any atom is 0.162 e. The van der Waals surface area contributed by atoms with E-state index in [1.54, 1.807) is 0 Å². The summed E-state index contributed by atoms with van der Waals surface area (Å²) in [7, 11) is 0. The fourth-order valence-electron chi connectivity index (χ4n) is 3.10. The molecular formula is C17H18O. The molecule has 0 bridgehead atoms. The minimum atomic E-state index is 0.196. The van der Waals surface area contributed by atoms with Gasteiger partial charge in [0, 0.05) is 5.92 Å². The first-order valence-electron chi connectivity index (χ1n) is 6.79. The third-order valence-electron chi connectivity index (χ3n) is 4.12. The van der Waals surface area contributed by atoms with Crippen LogP contribution in [0.2, 0.25) is 0 Å². The number of rotatable bonds is 2. The zero-order valence-electron chi connectivity index (χ0n) is 10.5. The maximum atomic E-state index is 12.5. The number of carbonyl (C=O) groups excluding carboxylic acids is 1. The predicted octanol–water partition coefficient (Wildman–Crippen LogP) is 3.71. The van der Waals surface area contributed by atoms with Gasteiger partial charge in [-0.3, -0.25) is 4.79 Å². The van der Waals surface area contributed by atoms with Crippen LogP contribution < -0.4 is 0 Å². The van der Waals surface area contributed by atoms with Crippen LogP contribution in [0.5, 0.6) is 0 Å². The zero-order valence-corrected chi connectivity index (χ0v) is 10.5. The molecule has 1 aromatic carbocycles. The van der Waals surface area contributed by atoms with Crippen molar-refractivity contribution in [2.24, 2.45) is 11.8 Å². The molecule has 2 atom stereocenters. The van der Waals surface area contributed by atoms with Gasteiger partial charge in [-0.15, -0.1) is 0 Å². The highest BCUT2D eigenvalue weighted by Gasteiger charge is 2.32. The van der Waals surface area contributed by atoms with E-state index < -0.39 is 0 Å². The van der Waals surface area contributed by atoms with E-state index in [-0.39, 0.29) is 5.92 Å². The van der Waals surface area contributed by atoms with Gasteiger partial charge in [-0.1, -0.05) is 48.6 Å². The molecule has 18 heavy (non-hydrogen) atoms. The van der Waals surface area contributed by atoms with E-state index in [1.165, 1.54) is 12.0 Å². The average Bonchev–Trinajstić information content (AvgIpc) is 2.43. The lowest BCUT2D eigenvalue weighted by atomic mass is 9.72. The normalized spacial score (nSPS) is 26.7. The van der Waals surface area contributed by atoms with Crippen molar-refractivity contribution in [2.45, 2.75) is 25.7 Å². The molecule has 0 N–H and O–H groups in total. The van der Waals surface area contributed by atoms with Gasteiger partial charge in [-0.25, -0.2) is 0 Å². The van der Waals surface area contributed by atoms with Gasteiger partial charge in [0.25, 0.3) is 0 Å². The third kappa shape index (κ3) is 2.17. The molecule has 0 spiro atoms. The summed E-state index contributed by atoms with van der Waals surface area (Å²) in [6.45, 7) is 0. The Hall–Kier alpha value is -1.63. The van der Waals surface area contributed by atoms with Crippen molar-refractivity contribution in [2.75, 3.05) is 0 Å². The van der Waals surface area contributed by atoms with Crippen LogP contribution in [0.3, 0.4) is 0 Å². The van der Waals surface area contributed by atoms with Crippen LogP contribution in [-0.2, 0) is 11.2 Å². The molecule has 0 amide bonds. The summed E-state index contributed by atoms with van der Waals surface area (Å²) in [5, 5.41) is 0. The van der Waals surface area contributed by atoms with Crippen LogP contribution in [0.1, 0.15) is 24.8 Å². The number of Topliss-reactive ketones (excluding diaryl/α,β-unsaturated/α-hetero) is 1. The topological polar surface area (TPSA) is 17.1 Å². The summed E-state index contributed by atoms with van der Waals surface area (Å²) >= 11 is 0. The van der Waals surface area contributed by atoms with E-state index in [0.717, 1.165) is 24.8 Å². The highest BCUT2D eigenvalue weighted by Crippen LogP contribution is 2.36. The molecule has 2 aliphatic carbocycles. The van der Waals surface area contributed by atoms with Crippen molar-refractivity contribution in [3.63, 3.8) is 0 Å². The smallest absolute Gasteiger partial charge is 0.162 e. The van der Waals surface area contributed by atoms with Crippen LogP contribution >= 0.6 is 0 Å². The molecular weight excluding hydrogens is 220 g/mol. The monoisotopic (exact) mass is 238 g/mol. The number of carbonyl (C=O) groups is 1. The lowest BCUT2D eigenvalue weighted by Gasteiger charge is -2.30. The van der Waals surface area contributed by atoms with Gasteiger partial charge < -0.3 is 0 Å². The number of benzene rings is 1. The number of hydrogen-bond donors (Lipinski definition) is 0. The standard InChI is InChI=1S/C17H18O/c18-17-15(12-13-6-2-1-3-7-13)11-10-14-8-4-5-9-16(14)17/h1-7,9,14-15H,8,10-12H2. The molecule has 0 heterocycles. The van der Waals surface area contributed by atoms with Crippen molar-refractivity contribution in [1.29, 1.82) is 0 Å². The van der Waals surface area contributed by atoms with Crippen molar-refractivity contribution >= 4 is 5.78 Å². The van der Waals surface area contributed by atoms with E-state index in [2.05, 4.69) is 18.2 Å². The summed E-state index contributed by atoms with van der Waals surface area (Å²) in [4.78, 5) is 12.5. The number of fused-ring (bicyclic) bond motifs is 1. The van der Waals surface area contributed by atoms with Crippen molar-refractivity contribution in [1.82, 2.24) is 0 Å². The maximum absolute atomic E-state index is 12.5. The highest BCUT2D eigenvalue weighted by molar-refractivity contribution is 5.99. The summed E-state index contributed by atoms with van der Waals surface area (Å²) < 4.78 is 0. The van der Waals surface area contributed by atoms with Gasteiger partial charge in [-0.05, 0) is 42.7 Å². The number of allylic oxidation sites excluding steroid dienone is 4. The lowest BCUT2D eigenvalue weighted by Crippen LogP contribution is -2.29. The largest absolute Gasteiger partial charge is 0.294 e. The van der Waals surface area contributed by atoms with Crippen LogP contribution in [0.25, 0.3) is 0 Å². The molecule has 1 nitrogen and oxygen atoms in total. The minimum absolute atomic E-state index is 0.196. The zero-order chi connectivity index (χ0) is 12.4. The minimum Gasteiger partial charge on any atom is -0.294 e. The Bertz CT molecular complexity index is 496. The first-order valence-corrected chi connectivity index (χ1v) is 6.79. The van der Waals surface area contributed by atoms with Crippen molar-refractivity contribution < 1.29 is 4.79 Å². The average molecular weight is 238 g/mol. The second-order valence-electron chi connectivity index (χ2n) is 5.31. The molecule has 3 rings (SSSR count). The Labute approximate surface area is 108 Å². The molecule has 1 heteroatoms. The highest BCUT2D eigenvalue weighted by atomic mass is 16.1. The second kappa shape index (κ2) is 4.93. The fourth-order valence-corrected chi connectivity index (χ4v) is 3.10. The Morgan fingerprint density at radius 2 is 1.94 bits per heavy atom. The molecule has 1 saturated carbocycles. The molecule has 0 radical (unpaired) electrons. The molecule has 92 valence electrons. The van der Waals surface area contributed by atoms with E-state index in [4.69, 9.17) is 0 Å². The summed E-state index contributed by atoms with van der Waals surface area (Å²) in [5.74, 6) is 1.08. The van der Waals surface area contributed by atoms with E-state index in [0.29, 0.717) is 11.7 Å². The molecule has 0 saturated heterocycles. The van der Waals surface area contributed by atoms with Gasteiger partial charge in [0.2, 0.25) is 0 Å². The summed E-state index contributed by atoms with van der Waals surface area (Å²) in [5.41, 5.74) is 2.35. The second-order valence-corrected chi connectivity index (χ2v) is 5.31. The Kier molecular flexibility index (Phi) is 3.14. The van der Waals surface area contributed by atoms with Gasteiger partial charge in [0.05, 0.1) is 0 Å². The summed E-state index contributed by atoms with van der Waals surface area (Å²) in [6, 6.07) is 10.4. The van der Waals surface area contributed by atoms with Crippen molar-refractivity contribution in [3.8, 4) is 0 Å². The predicted molar refractivity (Wildman–Crippen MR) is 73.2 cm³/mol. The first kappa shape index (κ1) is 11.5.